The molecular weight excluding hydrogens is 428 g/mol. The van der Waals surface area contributed by atoms with Crippen molar-refractivity contribution in [1.29, 1.82) is 5.26 Å². The maximum absolute atomic E-state index is 14.7. The van der Waals surface area contributed by atoms with Crippen LogP contribution in [0.5, 0.6) is 0 Å². The molecule has 0 aliphatic carbocycles. The van der Waals surface area contributed by atoms with Crippen LogP contribution in [-0.2, 0) is 10.7 Å². The molecule has 2 aromatic rings. The van der Waals surface area contributed by atoms with E-state index >= 15 is 0 Å². The van der Waals surface area contributed by atoms with E-state index in [2.05, 4.69) is 32.9 Å². The van der Waals surface area contributed by atoms with Crippen LogP contribution in [0, 0.1) is 17.2 Å². The van der Waals surface area contributed by atoms with Gasteiger partial charge in [0.1, 0.15) is 17.6 Å². The van der Waals surface area contributed by atoms with Crippen LogP contribution < -0.4 is 10.6 Å². The van der Waals surface area contributed by atoms with Gasteiger partial charge < -0.3 is 15.5 Å². The van der Waals surface area contributed by atoms with Gasteiger partial charge in [-0.05, 0) is 36.6 Å². The first-order valence-corrected chi connectivity index (χ1v) is 10.8. The largest absolute Gasteiger partial charge is 0.390 e. The van der Waals surface area contributed by atoms with Crippen LogP contribution in [0.2, 0.25) is 0 Å². The minimum atomic E-state index is -3.25. The predicted molar refractivity (Wildman–Crippen MR) is 119 cm³/mol. The van der Waals surface area contributed by atoms with Crippen molar-refractivity contribution >= 4 is 23.9 Å². The minimum absolute atomic E-state index is 0.0566. The van der Waals surface area contributed by atoms with Crippen molar-refractivity contribution in [3.63, 3.8) is 0 Å². The first kappa shape index (κ1) is 22.6. The summed E-state index contributed by atoms with van der Waals surface area (Å²) in [6, 6.07) is 9.88. The SMILES string of the molecule is C[C@H]1CC2CN(C(=O)CCC(F)(F)c3cccc(N=CN)n3)CC1N2c1ccc(C#N)cn1. The molecule has 33 heavy (non-hydrogen) atoms. The molecule has 2 saturated heterocycles. The highest BCUT2D eigenvalue weighted by Gasteiger charge is 2.46. The van der Waals surface area contributed by atoms with Crippen molar-refractivity contribution < 1.29 is 13.6 Å². The summed E-state index contributed by atoms with van der Waals surface area (Å²) in [6.07, 6.45) is 2.53. The number of nitrogens with two attached hydrogens (primary N) is 1. The molecular formula is C23H25F2N7O. The predicted octanol–water partition coefficient (Wildman–Crippen LogP) is 2.96. The molecule has 8 nitrogen and oxygen atoms in total. The van der Waals surface area contributed by atoms with Crippen LogP contribution in [0.1, 0.15) is 37.4 Å². The maximum Gasteiger partial charge on any atom is 0.290 e. The van der Waals surface area contributed by atoms with E-state index in [1.165, 1.54) is 18.2 Å². The van der Waals surface area contributed by atoms with Crippen LogP contribution in [0.3, 0.4) is 0 Å². The van der Waals surface area contributed by atoms with Crippen molar-refractivity contribution in [3.05, 3.63) is 47.8 Å². The number of pyridine rings is 2. The van der Waals surface area contributed by atoms with Gasteiger partial charge in [-0.15, -0.1) is 0 Å². The smallest absolute Gasteiger partial charge is 0.290 e. The number of carbonyl (C=O) groups is 1. The Morgan fingerprint density at radius 2 is 2.18 bits per heavy atom. The number of nitrogens with zero attached hydrogens (tertiary/aromatic N) is 6. The zero-order valence-electron chi connectivity index (χ0n) is 18.2. The number of likely N-dealkylation sites (tertiary alicyclic amines) is 1. The van der Waals surface area contributed by atoms with Crippen LogP contribution in [0.4, 0.5) is 20.4 Å². The minimum Gasteiger partial charge on any atom is -0.390 e. The fourth-order valence-electron chi connectivity index (χ4n) is 4.72. The molecule has 10 heteroatoms. The topological polar surface area (TPSA) is 111 Å². The van der Waals surface area contributed by atoms with Crippen molar-refractivity contribution in [2.45, 2.75) is 44.2 Å². The van der Waals surface area contributed by atoms with Crippen molar-refractivity contribution in [2.75, 3.05) is 18.0 Å². The molecule has 4 heterocycles. The Morgan fingerprint density at radius 3 is 2.85 bits per heavy atom. The summed E-state index contributed by atoms with van der Waals surface area (Å²) in [5.41, 5.74) is 5.27. The van der Waals surface area contributed by atoms with Gasteiger partial charge >= 0.3 is 0 Å². The molecule has 0 spiro atoms. The Labute approximate surface area is 190 Å². The molecule has 2 aromatic heterocycles. The highest BCUT2D eigenvalue weighted by atomic mass is 19.3. The molecule has 2 bridgehead atoms. The number of aliphatic imine (C=N–C) groups is 1. The van der Waals surface area contributed by atoms with Gasteiger partial charge in [-0.3, -0.25) is 4.79 Å². The van der Waals surface area contributed by atoms with Crippen molar-refractivity contribution in [2.24, 2.45) is 16.6 Å². The number of piperazine rings is 1. The van der Waals surface area contributed by atoms with E-state index in [1.807, 2.05) is 6.07 Å². The second kappa shape index (κ2) is 9.10. The van der Waals surface area contributed by atoms with Gasteiger partial charge in [0.05, 0.1) is 17.9 Å². The third kappa shape index (κ3) is 4.62. The summed E-state index contributed by atoms with van der Waals surface area (Å²) in [6.45, 7) is 3.06. The molecule has 172 valence electrons. The Kier molecular flexibility index (Phi) is 6.22. The molecule has 0 aromatic carbocycles. The van der Waals surface area contributed by atoms with E-state index in [0.717, 1.165) is 18.6 Å². The Hall–Kier alpha value is -3.61. The molecule has 1 amide bonds. The summed E-state index contributed by atoms with van der Waals surface area (Å²) in [5, 5.41) is 8.99. The Bertz CT molecular complexity index is 1080. The summed E-state index contributed by atoms with van der Waals surface area (Å²) in [5.74, 6) is -2.34. The van der Waals surface area contributed by atoms with E-state index in [-0.39, 0.29) is 30.2 Å². The lowest BCUT2D eigenvalue weighted by Crippen LogP contribution is -2.56. The summed E-state index contributed by atoms with van der Waals surface area (Å²) in [4.78, 5) is 28.7. The quantitative estimate of drug-likeness (QED) is 0.532. The van der Waals surface area contributed by atoms with Gasteiger partial charge in [0.15, 0.2) is 5.82 Å². The van der Waals surface area contributed by atoms with Crippen LogP contribution in [0.25, 0.3) is 0 Å². The van der Waals surface area contributed by atoms with E-state index in [9.17, 15) is 13.6 Å². The second-order valence-corrected chi connectivity index (χ2v) is 8.52. The molecule has 2 aliphatic heterocycles. The van der Waals surface area contributed by atoms with E-state index in [1.54, 1.807) is 17.2 Å². The highest BCUT2D eigenvalue weighted by molar-refractivity contribution is 5.77. The van der Waals surface area contributed by atoms with E-state index in [0.29, 0.717) is 24.6 Å². The van der Waals surface area contributed by atoms with Gasteiger partial charge in [0, 0.05) is 38.2 Å². The molecule has 0 saturated carbocycles. The number of aromatic nitrogens is 2. The molecule has 2 fully saturated rings. The number of hydrogen-bond donors (Lipinski definition) is 1. The number of halogens is 2. The normalized spacial score (nSPS) is 22.5. The number of alkyl halides is 2. The number of fused-ring (bicyclic) bond motifs is 2. The molecule has 2 N–H and O–H groups in total. The number of carbonyl (C=O) groups excluding carboxylic acids is 1. The molecule has 2 aliphatic rings. The first-order valence-electron chi connectivity index (χ1n) is 10.8. The fraction of sp³-hybridized carbons (Fsp3) is 0.435. The molecule has 4 rings (SSSR count). The zero-order chi connectivity index (χ0) is 23.6. The first-order chi connectivity index (χ1) is 15.8. The van der Waals surface area contributed by atoms with E-state index in [4.69, 9.17) is 11.0 Å². The van der Waals surface area contributed by atoms with Crippen LogP contribution in [0.15, 0.2) is 41.5 Å². The second-order valence-electron chi connectivity index (χ2n) is 8.52. The lowest BCUT2D eigenvalue weighted by molar-refractivity contribution is -0.134. The summed E-state index contributed by atoms with van der Waals surface area (Å²) >= 11 is 0. The van der Waals surface area contributed by atoms with Gasteiger partial charge in [-0.1, -0.05) is 13.0 Å². The summed E-state index contributed by atoms with van der Waals surface area (Å²) < 4.78 is 29.4. The maximum atomic E-state index is 14.7. The Morgan fingerprint density at radius 1 is 1.36 bits per heavy atom. The van der Waals surface area contributed by atoms with Gasteiger partial charge in [0.25, 0.3) is 5.92 Å². The third-order valence-electron chi connectivity index (χ3n) is 6.35. The monoisotopic (exact) mass is 453 g/mol. The lowest BCUT2D eigenvalue weighted by Gasteiger charge is -2.42. The number of hydrogen-bond acceptors (Lipinski definition) is 6. The van der Waals surface area contributed by atoms with Crippen LogP contribution in [-0.4, -0.2) is 52.3 Å². The summed E-state index contributed by atoms with van der Waals surface area (Å²) in [7, 11) is 0. The fourth-order valence-corrected chi connectivity index (χ4v) is 4.72. The molecule has 3 atom stereocenters. The standard InChI is InChI=1S/C23H25F2N7O/c1-15-9-17-12-31(13-18(15)32(17)21-6-5-16(10-26)11-28-21)22(33)7-8-23(24,25)19-3-2-4-20(30-19)29-14-27/h2-6,11,14-15,17-18H,7-9,12-13H2,1H3,(H2,27,29,30)/t15-,17?,18?/m0/s1. The number of amides is 1. The Balaban J connectivity index is 1.41. The van der Waals surface area contributed by atoms with Gasteiger partial charge in [0.2, 0.25) is 5.91 Å². The van der Waals surface area contributed by atoms with Crippen molar-refractivity contribution in [1.82, 2.24) is 14.9 Å². The van der Waals surface area contributed by atoms with Crippen LogP contribution >= 0.6 is 0 Å². The number of anilines is 1. The average Bonchev–Trinajstić information content (AvgIpc) is 3.01. The average molecular weight is 453 g/mol. The van der Waals surface area contributed by atoms with Gasteiger partial charge in [-0.25, -0.2) is 15.0 Å². The molecule has 0 radical (unpaired) electrons. The van der Waals surface area contributed by atoms with E-state index < -0.39 is 18.0 Å². The lowest BCUT2D eigenvalue weighted by atomic mass is 10.0. The van der Waals surface area contributed by atoms with Crippen molar-refractivity contribution in [3.8, 4) is 6.07 Å². The highest BCUT2D eigenvalue weighted by Crippen LogP contribution is 2.38. The van der Waals surface area contributed by atoms with Gasteiger partial charge in [-0.2, -0.15) is 14.0 Å². The molecule has 2 unspecified atom stereocenters. The number of nitriles is 1. The number of rotatable bonds is 6. The third-order valence-corrected chi connectivity index (χ3v) is 6.35. The zero-order valence-corrected chi connectivity index (χ0v) is 18.2.